The van der Waals surface area contributed by atoms with Gasteiger partial charge in [-0.25, -0.2) is 4.39 Å². The maximum absolute atomic E-state index is 13.0. The molecule has 0 unspecified atom stereocenters. The molecule has 0 saturated carbocycles. The molecule has 0 heterocycles. The molecule has 3 heteroatoms. The first kappa shape index (κ1) is 9.53. The highest BCUT2D eigenvalue weighted by Gasteiger charge is 2.06. The number of hydrogen-bond donors (Lipinski definition) is 0. The molecule has 2 nitrogen and oxygen atoms in total. The molecule has 0 N–H and O–H groups in total. The van der Waals surface area contributed by atoms with Gasteiger partial charge in [-0.2, -0.15) is 5.26 Å². The van der Waals surface area contributed by atoms with Gasteiger partial charge in [0, 0.05) is 11.6 Å². The monoisotopic (exact) mass is 179 g/mol. The molecule has 0 fully saturated rings. The standard InChI is InChI=1S/C10H10FNO/c1-7-5-8(3-4-12)10(13-2)6-9(7)11/h5-6H,3H2,1-2H3. The van der Waals surface area contributed by atoms with Crippen LogP contribution in [-0.2, 0) is 6.42 Å². The molecule has 1 aromatic carbocycles. The second kappa shape index (κ2) is 3.90. The molecule has 0 radical (unpaired) electrons. The van der Waals surface area contributed by atoms with Gasteiger partial charge in [0.25, 0.3) is 0 Å². The van der Waals surface area contributed by atoms with Gasteiger partial charge in [-0.05, 0) is 18.6 Å². The van der Waals surface area contributed by atoms with E-state index in [0.29, 0.717) is 11.3 Å². The second-order valence-electron chi connectivity index (χ2n) is 2.75. The number of hydrogen-bond acceptors (Lipinski definition) is 2. The molecule has 1 rings (SSSR count). The Balaban J connectivity index is 3.18. The van der Waals surface area contributed by atoms with Crippen molar-refractivity contribution in [2.24, 2.45) is 0 Å². The van der Waals surface area contributed by atoms with Gasteiger partial charge < -0.3 is 4.74 Å². The van der Waals surface area contributed by atoms with Crippen LogP contribution >= 0.6 is 0 Å². The van der Waals surface area contributed by atoms with Crippen molar-refractivity contribution in [1.29, 1.82) is 5.26 Å². The predicted octanol–water partition coefficient (Wildman–Crippen LogP) is 2.21. The van der Waals surface area contributed by atoms with Crippen LogP contribution in [0.15, 0.2) is 12.1 Å². The molecular weight excluding hydrogens is 169 g/mol. The van der Waals surface area contributed by atoms with Crippen molar-refractivity contribution in [3.05, 3.63) is 29.1 Å². The Bertz CT molecular complexity index is 355. The fourth-order valence-corrected chi connectivity index (χ4v) is 1.14. The van der Waals surface area contributed by atoms with Crippen molar-refractivity contribution in [2.75, 3.05) is 7.11 Å². The molecule has 0 aliphatic heterocycles. The van der Waals surface area contributed by atoms with Crippen molar-refractivity contribution < 1.29 is 9.13 Å². The van der Waals surface area contributed by atoms with Crippen molar-refractivity contribution in [1.82, 2.24) is 0 Å². The Labute approximate surface area is 76.6 Å². The lowest BCUT2D eigenvalue weighted by molar-refractivity contribution is 0.407. The SMILES string of the molecule is COc1cc(F)c(C)cc1CC#N. The summed E-state index contributed by atoms with van der Waals surface area (Å²) in [5.74, 6) is 0.128. The molecule has 0 aliphatic carbocycles. The van der Waals surface area contributed by atoms with Crippen LogP contribution in [0.4, 0.5) is 4.39 Å². The number of nitriles is 1. The number of nitrogens with zero attached hydrogens (tertiary/aromatic N) is 1. The molecule has 0 spiro atoms. The van der Waals surface area contributed by atoms with E-state index in [1.54, 1.807) is 13.0 Å². The summed E-state index contributed by atoms with van der Waals surface area (Å²) in [7, 11) is 1.46. The van der Waals surface area contributed by atoms with E-state index in [-0.39, 0.29) is 12.2 Å². The van der Waals surface area contributed by atoms with Crippen LogP contribution < -0.4 is 4.74 Å². The van der Waals surface area contributed by atoms with Gasteiger partial charge in [0.1, 0.15) is 11.6 Å². The third-order valence-corrected chi connectivity index (χ3v) is 1.83. The van der Waals surface area contributed by atoms with E-state index in [1.165, 1.54) is 13.2 Å². The molecule has 1 aromatic rings. The van der Waals surface area contributed by atoms with Crippen molar-refractivity contribution in [2.45, 2.75) is 13.3 Å². The number of aryl methyl sites for hydroxylation is 1. The highest BCUT2D eigenvalue weighted by Crippen LogP contribution is 2.22. The number of ether oxygens (including phenoxy) is 1. The van der Waals surface area contributed by atoms with Crippen LogP contribution in [0.2, 0.25) is 0 Å². The van der Waals surface area contributed by atoms with Crippen LogP contribution in [0.3, 0.4) is 0 Å². The average molecular weight is 179 g/mol. The minimum Gasteiger partial charge on any atom is -0.496 e. The van der Waals surface area contributed by atoms with Crippen LogP contribution in [0.1, 0.15) is 11.1 Å². The van der Waals surface area contributed by atoms with Crippen LogP contribution in [-0.4, -0.2) is 7.11 Å². The molecule has 0 atom stereocenters. The van der Waals surface area contributed by atoms with Gasteiger partial charge >= 0.3 is 0 Å². The quantitative estimate of drug-likeness (QED) is 0.697. The summed E-state index contributed by atoms with van der Waals surface area (Å²) >= 11 is 0. The summed E-state index contributed by atoms with van der Waals surface area (Å²) in [4.78, 5) is 0. The van der Waals surface area contributed by atoms with E-state index in [4.69, 9.17) is 10.00 Å². The van der Waals surface area contributed by atoms with E-state index in [2.05, 4.69) is 0 Å². The second-order valence-corrected chi connectivity index (χ2v) is 2.75. The number of benzene rings is 1. The van der Waals surface area contributed by atoms with E-state index >= 15 is 0 Å². The Morgan fingerprint density at radius 1 is 1.54 bits per heavy atom. The number of methoxy groups -OCH3 is 1. The minimum atomic E-state index is -0.307. The Morgan fingerprint density at radius 3 is 2.77 bits per heavy atom. The lowest BCUT2D eigenvalue weighted by Gasteiger charge is -2.07. The largest absolute Gasteiger partial charge is 0.496 e. The highest BCUT2D eigenvalue weighted by atomic mass is 19.1. The molecule has 0 aromatic heterocycles. The predicted molar refractivity (Wildman–Crippen MR) is 47.0 cm³/mol. The Morgan fingerprint density at radius 2 is 2.23 bits per heavy atom. The Hall–Kier alpha value is -1.56. The molecule has 0 saturated heterocycles. The van der Waals surface area contributed by atoms with E-state index in [9.17, 15) is 4.39 Å². The van der Waals surface area contributed by atoms with Gasteiger partial charge in [0.15, 0.2) is 0 Å². The minimum absolute atomic E-state index is 0.240. The summed E-state index contributed by atoms with van der Waals surface area (Å²) in [6.07, 6.45) is 0.240. The number of rotatable bonds is 2. The van der Waals surface area contributed by atoms with Gasteiger partial charge in [-0.1, -0.05) is 0 Å². The maximum Gasteiger partial charge on any atom is 0.129 e. The van der Waals surface area contributed by atoms with E-state index in [1.807, 2.05) is 6.07 Å². The summed E-state index contributed by atoms with van der Waals surface area (Å²) in [6, 6.07) is 4.95. The Kier molecular flexibility index (Phi) is 2.86. The third-order valence-electron chi connectivity index (χ3n) is 1.83. The fraction of sp³-hybridized carbons (Fsp3) is 0.300. The van der Waals surface area contributed by atoms with E-state index in [0.717, 1.165) is 5.56 Å². The zero-order valence-corrected chi connectivity index (χ0v) is 7.60. The molecule has 13 heavy (non-hydrogen) atoms. The van der Waals surface area contributed by atoms with Gasteiger partial charge in [-0.3, -0.25) is 0 Å². The first-order valence-corrected chi connectivity index (χ1v) is 3.89. The van der Waals surface area contributed by atoms with Crippen LogP contribution in [0, 0.1) is 24.1 Å². The van der Waals surface area contributed by atoms with Gasteiger partial charge in [0.05, 0.1) is 19.6 Å². The summed E-state index contributed by atoms with van der Waals surface area (Å²) < 4.78 is 18.0. The topological polar surface area (TPSA) is 33.0 Å². The van der Waals surface area contributed by atoms with Crippen molar-refractivity contribution >= 4 is 0 Å². The third kappa shape index (κ3) is 1.97. The van der Waals surface area contributed by atoms with Crippen LogP contribution in [0.5, 0.6) is 5.75 Å². The lowest BCUT2D eigenvalue weighted by atomic mass is 10.1. The van der Waals surface area contributed by atoms with Gasteiger partial charge in [-0.15, -0.1) is 0 Å². The number of halogens is 1. The molecule has 0 aliphatic rings. The normalized spacial score (nSPS) is 9.38. The average Bonchev–Trinajstić information content (AvgIpc) is 2.11. The highest BCUT2D eigenvalue weighted by molar-refractivity contribution is 5.39. The van der Waals surface area contributed by atoms with Gasteiger partial charge in [0.2, 0.25) is 0 Å². The van der Waals surface area contributed by atoms with Crippen molar-refractivity contribution in [3.63, 3.8) is 0 Å². The molecule has 68 valence electrons. The molecular formula is C10H10FNO. The van der Waals surface area contributed by atoms with E-state index < -0.39 is 0 Å². The molecule has 0 amide bonds. The summed E-state index contributed by atoms with van der Waals surface area (Å²) in [5.41, 5.74) is 1.26. The first-order chi connectivity index (χ1) is 6.19. The van der Waals surface area contributed by atoms with Crippen molar-refractivity contribution in [3.8, 4) is 11.8 Å². The lowest BCUT2D eigenvalue weighted by Crippen LogP contribution is -1.94. The molecule has 0 bridgehead atoms. The zero-order chi connectivity index (χ0) is 9.84. The zero-order valence-electron chi connectivity index (χ0n) is 7.60. The fourth-order valence-electron chi connectivity index (χ4n) is 1.14. The first-order valence-electron chi connectivity index (χ1n) is 3.89. The summed E-state index contributed by atoms with van der Waals surface area (Å²) in [6.45, 7) is 1.66. The maximum atomic E-state index is 13.0. The smallest absolute Gasteiger partial charge is 0.129 e. The summed E-state index contributed by atoms with van der Waals surface area (Å²) in [5, 5.41) is 8.50. The van der Waals surface area contributed by atoms with Crippen LogP contribution in [0.25, 0.3) is 0 Å².